The predicted molar refractivity (Wildman–Crippen MR) is 56.6 cm³/mol. The molecule has 1 N–H and O–H groups in total. The third-order valence-electron chi connectivity index (χ3n) is 2.05. The van der Waals surface area contributed by atoms with Gasteiger partial charge in [0, 0.05) is 6.04 Å². The number of hydrogen-bond donors (Lipinski definition) is 1. The summed E-state index contributed by atoms with van der Waals surface area (Å²) in [6.45, 7) is 0.522. The van der Waals surface area contributed by atoms with E-state index in [9.17, 15) is 17.6 Å². The third kappa shape index (κ3) is 4.09. The van der Waals surface area contributed by atoms with Gasteiger partial charge in [-0.2, -0.15) is 13.2 Å². The van der Waals surface area contributed by atoms with Crippen LogP contribution in [-0.2, 0) is 0 Å². The van der Waals surface area contributed by atoms with Gasteiger partial charge in [0.1, 0.15) is 5.82 Å². The van der Waals surface area contributed by atoms with Gasteiger partial charge in [-0.1, -0.05) is 6.07 Å². The Hall–Kier alpha value is -0.620. The monoisotopic (exact) mass is 299 g/mol. The van der Waals surface area contributed by atoms with Gasteiger partial charge in [-0.05, 0) is 40.5 Å². The summed E-state index contributed by atoms with van der Waals surface area (Å²) >= 11 is 2.98. The average Bonchev–Trinajstić information content (AvgIpc) is 2.17. The fourth-order valence-electron chi connectivity index (χ4n) is 1.17. The van der Waals surface area contributed by atoms with Crippen molar-refractivity contribution in [3.8, 4) is 0 Å². The van der Waals surface area contributed by atoms with Gasteiger partial charge >= 0.3 is 6.18 Å². The minimum absolute atomic E-state index is 0.241. The molecule has 1 nitrogen and oxygen atoms in total. The van der Waals surface area contributed by atoms with Crippen LogP contribution in [-0.4, -0.2) is 12.7 Å². The number of halogens is 5. The lowest BCUT2D eigenvalue weighted by atomic mass is 10.1. The highest BCUT2D eigenvalue weighted by Crippen LogP contribution is 2.22. The molecule has 0 amide bonds. The minimum atomic E-state index is -4.24. The summed E-state index contributed by atoms with van der Waals surface area (Å²) in [5.41, 5.74) is 0.595. The van der Waals surface area contributed by atoms with Crippen LogP contribution < -0.4 is 5.32 Å². The van der Waals surface area contributed by atoms with E-state index in [4.69, 9.17) is 0 Å². The first-order chi connectivity index (χ1) is 7.29. The van der Waals surface area contributed by atoms with Crippen LogP contribution >= 0.6 is 15.9 Å². The number of hydrogen-bond acceptors (Lipinski definition) is 1. The van der Waals surface area contributed by atoms with E-state index in [0.29, 0.717) is 5.56 Å². The fraction of sp³-hybridized carbons (Fsp3) is 0.400. The number of nitrogens with one attached hydrogen (secondary N) is 1. The van der Waals surface area contributed by atoms with Crippen LogP contribution in [0, 0.1) is 5.82 Å². The summed E-state index contributed by atoms with van der Waals surface area (Å²) in [7, 11) is 0. The molecule has 0 radical (unpaired) electrons. The second-order valence-corrected chi connectivity index (χ2v) is 4.25. The van der Waals surface area contributed by atoms with Crippen LogP contribution in [0.1, 0.15) is 18.5 Å². The Balaban J connectivity index is 2.66. The standard InChI is InChI=1S/C10H10BrF4N/c1-6(16-5-10(13,14)15)7-2-3-9(12)8(11)4-7/h2-4,6,16H,5H2,1H3. The first-order valence-corrected chi connectivity index (χ1v) is 5.34. The average molecular weight is 300 g/mol. The second-order valence-electron chi connectivity index (χ2n) is 3.39. The van der Waals surface area contributed by atoms with Crippen molar-refractivity contribution < 1.29 is 17.6 Å². The van der Waals surface area contributed by atoms with E-state index >= 15 is 0 Å². The summed E-state index contributed by atoms with van der Waals surface area (Å²) in [6, 6.07) is 3.64. The summed E-state index contributed by atoms with van der Waals surface area (Å²) in [6.07, 6.45) is -4.24. The molecule has 1 rings (SSSR count). The van der Waals surface area contributed by atoms with Crippen LogP contribution in [0.5, 0.6) is 0 Å². The van der Waals surface area contributed by atoms with Gasteiger partial charge in [0.15, 0.2) is 0 Å². The Labute approximate surface area is 99.0 Å². The molecular weight excluding hydrogens is 290 g/mol. The summed E-state index contributed by atoms with van der Waals surface area (Å²) in [5.74, 6) is -0.438. The van der Waals surface area contributed by atoms with Gasteiger partial charge in [0.05, 0.1) is 11.0 Å². The van der Waals surface area contributed by atoms with Crippen LogP contribution in [0.25, 0.3) is 0 Å². The number of alkyl halides is 3. The Morgan fingerprint density at radius 3 is 2.50 bits per heavy atom. The second kappa shape index (κ2) is 5.14. The van der Waals surface area contributed by atoms with Gasteiger partial charge in [-0.25, -0.2) is 4.39 Å². The van der Waals surface area contributed by atoms with Crippen molar-refractivity contribution in [1.82, 2.24) is 5.32 Å². The molecule has 1 aromatic carbocycles. The highest BCUT2D eigenvalue weighted by Gasteiger charge is 2.27. The van der Waals surface area contributed by atoms with E-state index in [-0.39, 0.29) is 4.47 Å². The lowest BCUT2D eigenvalue weighted by Crippen LogP contribution is -2.30. The highest BCUT2D eigenvalue weighted by atomic mass is 79.9. The topological polar surface area (TPSA) is 12.0 Å². The largest absolute Gasteiger partial charge is 0.401 e. The predicted octanol–water partition coefficient (Wildman–Crippen LogP) is 3.80. The zero-order valence-corrected chi connectivity index (χ0v) is 9.99. The van der Waals surface area contributed by atoms with Gasteiger partial charge in [0.2, 0.25) is 0 Å². The SMILES string of the molecule is CC(NCC(F)(F)F)c1ccc(F)c(Br)c1. The van der Waals surface area contributed by atoms with Crippen LogP contribution in [0.2, 0.25) is 0 Å². The molecule has 1 unspecified atom stereocenters. The zero-order chi connectivity index (χ0) is 12.3. The Morgan fingerprint density at radius 2 is 2.00 bits per heavy atom. The molecule has 0 heterocycles. The molecule has 6 heteroatoms. The summed E-state index contributed by atoms with van der Waals surface area (Å²) < 4.78 is 49.0. The first-order valence-electron chi connectivity index (χ1n) is 4.54. The van der Waals surface area contributed by atoms with Gasteiger partial charge < -0.3 is 5.32 Å². The van der Waals surface area contributed by atoms with Crippen molar-refractivity contribution in [2.75, 3.05) is 6.54 Å². The Kier molecular flexibility index (Phi) is 4.32. The zero-order valence-electron chi connectivity index (χ0n) is 8.41. The molecule has 0 aliphatic carbocycles. The van der Waals surface area contributed by atoms with Crippen molar-refractivity contribution in [1.29, 1.82) is 0 Å². The maximum atomic E-state index is 12.9. The van der Waals surface area contributed by atoms with E-state index in [2.05, 4.69) is 21.2 Å². The molecule has 90 valence electrons. The molecule has 0 saturated carbocycles. The fourth-order valence-corrected chi connectivity index (χ4v) is 1.56. The molecule has 0 bridgehead atoms. The number of benzene rings is 1. The van der Waals surface area contributed by atoms with Crippen molar-refractivity contribution in [3.63, 3.8) is 0 Å². The summed E-state index contributed by atoms with van der Waals surface area (Å²) in [5, 5.41) is 2.32. The number of rotatable bonds is 3. The van der Waals surface area contributed by atoms with Gasteiger partial charge in [-0.3, -0.25) is 0 Å². The molecule has 1 atom stereocenters. The van der Waals surface area contributed by atoms with Crippen molar-refractivity contribution in [3.05, 3.63) is 34.1 Å². The highest BCUT2D eigenvalue weighted by molar-refractivity contribution is 9.10. The quantitative estimate of drug-likeness (QED) is 0.837. The van der Waals surface area contributed by atoms with E-state index in [0.717, 1.165) is 0 Å². The van der Waals surface area contributed by atoms with E-state index in [1.165, 1.54) is 18.2 Å². The van der Waals surface area contributed by atoms with E-state index in [1.807, 2.05) is 0 Å². The van der Waals surface area contributed by atoms with Gasteiger partial charge in [-0.15, -0.1) is 0 Å². The lowest BCUT2D eigenvalue weighted by Gasteiger charge is -2.16. The van der Waals surface area contributed by atoms with Crippen molar-refractivity contribution >= 4 is 15.9 Å². The molecular formula is C10H10BrF4N. The Morgan fingerprint density at radius 1 is 1.38 bits per heavy atom. The minimum Gasteiger partial charge on any atom is -0.302 e. The van der Waals surface area contributed by atoms with Crippen molar-refractivity contribution in [2.24, 2.45) is 0 Å². The molecule has 0 aliphatic heterocycles. The normalized spacial score (nSPS) is 13.9. The molecule has 0 aliphatic rings. The summed E-state index contributed by atoms with van der Waals surface area (Å²) in [4.78, 5) is 0. The molecule has 0 spiro atoms. The van der Waals surface area contributed by atoms with Gasteiger partial charge in [0.25, 0.3) is 0 Å². The molecule has 0 aromatic heterocycles. The van der Waals surface area contributed by atoms with Crippen LogP contribution in [0.3, 0.4) is 0 Å². The lowest BCUT2D eigenvalue weighted by molar-refractivity contribution is -0.126. The third-order valence-corrected chi connectivity index (χ3v) is 2.66. The Bertz CT molecular complexity index is 364. The first kappa shape index (κ1) is 13.4. The molecule has 0 fully saturated rings. The van der Waals surface area contributed by atoms with E-state index in [1.54, 1.807) is 6.92 Å². The molecule has 16 heavy (non-hydrogen) atoms. The van der Waals surface area contributed by atoms with Crippen molar-refractivity contribution in [2.45, 2.75) is 19.1 Å². The maximum absolute atomic E-state index is 12.9. The molecule has 0 saturated heterocycles. The van der Waals surface area contributed by atoms with E-state index < -0.39 is 24.6 Å². The van der Waals surface area contributed by atoms with Crippen LogP contribution in [0.15, 0.2) is 22.7 Å². The smallest absolute Gasteiger partial charge is 0.302 e. The van der Waals surface area contributed by atoms with Crippen LogP contribution in [0.4, 0.5) is 17.6 Å². The maximum Gasteiger partial charge on any atom is 0.401 e. The molecule has 1 aromatic rings.